The number of carbonyl (C=O) groups excluding carboxylic acids is 1. The van der Waals surface area contributed by atoms with Gasteiger partial charge in [0.15, 0.2) is 0 Å². The fraction of sp³-hybridized carbons (Fsp3) is 0.200. The number of benzene rings is 1. The van der Waals surface area contributed by atoms with Gasteiger partial charge in [-0.25, -0.2) is 0 Å². The fourth-order valence-electron chi connectivity index (χ4n) is 1.15. The zero-order valence-electron chi connectivity index (χ0n) is 8.08. The van der Waals surface area contributed by atoms with Gasteiger partial charge >= 0.3 is 5.97 Å². The molecule has 1 aromatic rings. The van der Waals surface area contributed by atoms with Crippen molar-refractivity contribution in [1.29, 1.82) is 0 Å². The highest BCUT2D eigenvalue weighted by Gasteiger charge is 2.07. The Hall–Kier alpha value is -1.36. The molecule has 1 rings (SSSR count). The maximum atomic E-state index is 11.1. The van der Waals surface area contributed by atoms with E-state index >= 15 is 0 Å². The molecule has 1 amide bonds. The maximum Gasteiger partial charge on any atom is 0.312 e. The minimum Gasteiger partial charge on any atom is -0.481 e. The average Bonchev–Trinajstić information content (AvgIpc) is 1.98. The van der Waals surface area contributed by atoms with Crippen molar-refractivity contribution in [2.75, 3.05) is 5.32 Å². The maximum absolute atomic E-state index is 11.1. The lowest BCUT2D eigenvalue weighted by atomic mass is 10.2. The number of hydrogen-bond donors (Lipinski definition) is 2. The van der Waals surface area contributed by atoms with Gasteiger partial charge in [0.2, 0.25) is 5.91 Å². The zero-order chi connectivity index (χ0) is 11.4. The normalized spacial score (nSPS) is 9.73. The van der Waals surface area contributed by atoms with Crippen molar-refractivity contribution in [2.24, 2.45) is 0 Å². The first-order valence-electron chi connectivity index (χ1n) is 4.26. The number of amides is 1. The summed E-state index contributed by atoms with van der Waals surface area (Å²) in [7, 11) is 0. The van der Waals surface area contributed by atoms with Gasteiger partial charge in [-0.1, -0.05) is 15.9 Å². The highest BCUT2D eigenvalue weighted by molar-refractivity contribution is 9.10. The molecular formula is C10H10BrNO3. The molecular weight excluding hydrogens is 262 g/mol. The molecule has 0 aliphatic carbocycles. The molecule has 0 aromatic heterocycles. The van der Waals surface area contributed by atoms with Crippen LogP contribution in [-0.4, -0.2) is 17.0 Å². The third kappa shape index (κ3) is 4.12. The van der Waals surface area contributed by atoms with E-state index in [4.69, 9.17) is 5.11 Å². The first-order valence-corrected chi connectivity index (χ1v) is 5.05. The lowest BCUT2D eigenvalue weighted by Gasteiger charge is -2.05. The summed E-state index contributed by atoms with van der Waals surface area (Å²) in [5.74, 6) is -1.67. The summed E-state index contributed by atoms with van der Waals surface area (Å²) in [6.07, 6.45) is -0.522. The molecule has 0 atom stereocenters. The van der Waals surface area contributed by atoms with Crippen LogP contribution in [0.15, 0.2) is 22.7 Å². The second-order valence-electron chi connectivity index (χ2n) is 3.14. The van der Waals surface area contributed by atoms with Crippen LogP contribution in [0.25, 0.3) is 0 Å². The molecule has 0 aliphatic heterocycles. The molecule has 0 unspecified atom stereocenters. The van der Waals surface area contributed by atoms with Crippen molar-refractivity contribution < 1.29 is 14.7 Å². The van der Waals surface area contributed by atoms with E-state index in [0.717, 1.165) is 10.0 Å². The number of carboxylic acids is 1. The van der Waals surface area contributed by atoms with Crippen LogP contribution < -0.4 is 5.32 Å². The van der Waals surface area contributed by atoms with E-state index in [1.54, 1.807) is 12.1 Å². The molecule has 0 fully saturated rings. The van der Waals surface area contributed by atoms with Crippen LogP contribution in [0.1, 0.15) is 12.0 Å². The van der Waals surface area contributed by atoms with Crippen LogP contribution >= 0.6 is 15.9 Å². The van der Waals surface area contributed by atoms with E-state index in [9.17, 15) is 9.59 Å². The fourth-order valence-corrected chi connectivity index (χ4v) is 1.76. The van der Waals surface area contributed by atoms with Gasteiger partial charge in [-0.15, -0.1) is 0 Å². The van der Waals surface area contributed by atoms with Crippen molar-refractivity contribution in [2.45, 2.75) is 13.3 Å². The third-order valence-electron chi connectivity index (χ3n) is 1.64. The molecule has 0 heterocycles. The SMILES string of the molecule is Cc1cc(Br)cc(NC(=O)CC(=O)O)c1. The Morgan fingerprint density at radius 1 is 1.40 bits per heavy atom. The number of rotatable bonds is 3. The summed E-state index contributed by atoms with van der Waals surface area (Å²) in [6.45, 7) is 1.89. The zero-order valence-corrected chi connectivity index (χ0v) is 9.67. The predicted molar refractivity (Wildman–Crippen MR) is 59.8 cm³/mol. The number of anilines is 1. The quantitative estimate of drug-likeness (QED) is 0.829. The van der Waals surface area contributed by atoms with E-state index in [2.05, 4.69) is 21.2 Å². The minimum atomic E-state index is -1.14. The molecule has 80 valence electrons. The Morgan fingerprint density at radius 3 is 2.60 bits per heavy atom. The highest BCUT2D eigenvalue weighted by Crippen LogP contribution is 2.19. The van der Waals surface area contributed by atoms with Gasteiger partial charge in [0.25, 0.3) is 0 Å². The topological polar surface area (TPSA) is 66.4 Å². The Balaban J connectivity index is 2.72. The Kier molecular flexibility index (Phi) is 3.85. The largest absolute Gasteiger partial charge is 0.481 e. The van der Waals surface area contributed by atoms with E-state index in [-0.39, 0.29) is 0 Å². The third-order valence-corrected chi connectivity index (χ3v) is 2.10. The number of hydrogen-bond acceptors (Lipinski definition) is 2. The van der Waals surface area contributed by atoms with Crippen molar-refractivity contribution in [3.8, 4) is 0 Å². The van der Waals surface area contributed by atoms with Gasteiger partial charge in [0, 0.05) is 10.2 Å². The lowest BCUT2D eigenvalue weighted by Crippen LogP contribution is -2.15. The van der Waals surface area contributed by atoms with Gasteiger partial charge in [-0.05, 0) is 30.7 Å². The van der Waals surface area contributed by atoms with Crippen LogP contribution in [0, 0.1) is 6.92 Å². The Labute approximate surface area is 95.4 Å². The highest BCUT2D eigenvalue weighted by atomic mass is 79.9. The Morgan fingerprint density at radius 2 is 2.07 bits per heavy atom. The monoisotopic (exact) mass is 271 g/mol. The molecule has 5 heteroatoms. The number of aliphatic carboxylic acids is 1. The summed E-state index contributed by atoms with van der Waals surface area (Å²) in [5, 5.41) is 10.9. The molecule has 0 saturated carbocycles. The van der Waals surface area contributed by atoms with Gasteiger partial charge in [0.05, 0.1) is 0 Å². The van der Waals surface area contributed by atoms with Crippen molar-refractivity contribution in [3.05, 3.63) is 28.2 Å². The van der Waals surface area contributed by atoms with Crippen molar-refractivity contribution >= 4 is 33.5 Å². The van der Waals surface area contributed by atoms with Crippen molar-refractivity contribution in [1.82, 2.24) is 0 Å². The lowest BCUT2D eigenvalue weighted by molar-refractivity contribution is -0.139. The minimum absolute atomic E-state index is 0.522. The molecule has 0 radical (unpaired) electrons. The second-order valence-corrected chi connectivity index (χ2v) is 4.05. The molecule has 0 saturated heterocycles. The number of carboxylic acid groups (broad SMARTS) is 1. The Bertz CT molecular complexity index is 383. The summed E-state index contributed by atoms with van der Waals surface area (Å²) < 4.78 is 0.841. The van der Waals surface area contributed by atoms with Crippen LogP contribution in [0.3, 0.4) is 0 Å². The summed E-state index contributed by atoms with van der Waals surface area (Å²) in [4.78, 5) is 21.4. The van der Waals surface area contributed by atoms with E-state index in [1.165, 1.54) is 0 Å². The van der Waals surface area contributed by atoms with E-state index in [0.29, 0.717) is 5.69 Å². The smallest absolute Gasteiger partial charge is 0.312 e. The van der Waals surface area contributed by atoms with Gasteiger partial charge in [-0.2, -0.15) is 0 Å². The molecule has 4 nitrogen and oxygen atoms in total. The number of aryl methyl sites for hydroxylation is 1. The molecule has 0 aliphatic rings. The van der Waals surface area contributed by atoms with Crippen LogP contribution in [0.4, 0.5) is 5.69 Å². The van der Waals surface area contributed by atoms with Crippen molar-refractivity contribution in [3.63, 3.8) is 0 Å². The summed E-state index contributed by atoms with van der Waals surface area (Å²) >= 11 is 3.29. The number of halogens is 1. The van der Waals surface area contributed by atoms with Gasteiger partial charge in [-0.3, -0.25) is 9.59 Å². The predicted octanol–water partition coefficient (Wildman–Crippen LogP) is 2.17. The first-order chi connectivity index (χ1) is 6.97. The van der Waals surface area contributed by atoms with Gasteiger partial charge < -0.3 is 10.4 Å². The first kappa shape index (κ1) is 11.7. The molecule has 0 bridgehead atoms. The van der Waals surface area contributed by atoms with Gasteiger partial charge in [0.1, 0.15) is 6.42 Å². The van der Waals surface area contributed by atoms with E-state index in [1.807, 2.05) is 13.0 Å². The summed E-state index contributed by atoms with van der Waals surface area (Å²) in [5.41, 5.74) is 1.57. The summed E-state index contributed by atoms with van der Waals surface area (Å²) in [6, 6.07) is 5.38. The average molecular weight is 272 g/mol. The van der Waals surface area contributed by atoms with Crippen LogP contribution in [0.5, 0.6) is 0 Å². The van der Waals surface area contributed by atoms with Crippen LogP contribution in [-0.2, 0) is 9.59 Å². The number of carbonyl (C=O) groups is 2. The molecule has 0 spiro atoms. The molecule has 1 aromatic carbocycles. The second kappa shape index (κ2) is 4.93. The molecule has 15 heavy (non-hydrogen) atoms. The standard InChI is InChI=1S/C10H10BrNO3/c1-6-2-7(11)4-8(3-6)12-9(13)5-10(14)15/h2-4H,5H2,1H3,(H,12,13)(H,14,15). The van der Waals surface area contributed by atoms with Crippen LogP contribution in [0.2, 0.25) is 0 Å². The van der Waals surface area contributed by atoms with E-state index < -0.39 is 18.3 Å². The molecule has 2 N–H and O–H groups in total. The number of nitrogens with one attached hydrogen (secondary N) is 1.